The number of ether oxygens (including phenoxy) is 2. The molecule has 1 atom stereocenters. The summed E-state index contributed by atoms with van der Waals surface area (Å²) < 4.78 is 11.1. The highest BCUT2D eigenvalue weighted by atomic mass is 16.5. The molecule has 0 saturated carbocycles. The van der Waals surface area contributed by atoms with Crippen molar-refractivity contribution >= 4 is 5.96 Å². The molecule has 1 unspecified atom stereocenters. The molecular weight excluding hydrogens is 352 g/mol. The van der Waals surface area contributed by atoms with Gasteiger partial charge in [0, 0.05) is 40.4 Å². The fourth-order valence-electron chi connectivity index (χ4n) is 3.46. The number of nitrogens with one attached hydrogen (secondary N) is 2. The van der Waals surface area contributed by atoms with E-state index < -0.39 is 0 Å². The van der Waals surface area contributed by atoms with Gasteiger partial charge < -0.3 is 25.0 Å². The van der Waals surface area contributed by atoms with Crippen molar-refractivity contribution in [2.75, 3.05) is 60.1 Å². The van der Waals surface area contributed by atoms with Crippen LogP contribution in [0.25, 0.3) is 0 Å². The lowest BCUT2D eigenvalue weighted by molar-refractivity contribution is 0.0646. The number of piperidine rings is 1. The minimum Gasteiger partial charge on any atom is -0.383 e. The molecule has 0 radical (unpaired) electrons. The van der Waals surface area contributed by atoms with Gasteiger partial charge in [-0.15, -0.1) is 0 Å². The van der Waals surface area contributed by atoms with Crippen LogP contribution in [0.1, 0.15) is 37.9 Å². The third-order valence-electron chi connectivity index (χ3n) is 5.35. The maximum atomic E-state index is 5.92. The second-order valence-corrected chi connectivity index (χ2v) is 7.43. The summed E-state index contributed by atoms with van der Waals surface area (Å²) in [5, 5.41) is 6.87. The molecule has 0 bridgehead atoms. The van der Waals surface area contributed by atoms with Crippen molar-refractivity contribution in [2.24, 2.45) is 10.9 Å². The van der Waals surface area contributed by atoms with Crippen molar-refractivity contribution in [3.63, 3.8) is 0 Å². The average Bonchev–Trinajstić information content (AvgIpc) is 2.75. The molecule has 0 aliphatic carbocycles. The van der Waals surface area contributed by atoms with E-state index in [4.69, 9.17) is 9.47 Å². The summed E-state index contributed by atoms with van der Waals surface area (Å²) in [5.41, 5.74) is 1.22. The van der Waals surface area contributed by atoms with Crippen molar-refractivity contribution in [3.05, 3.63) is 35.9 Å². The van der Waals surface area contributed by atoms with Crippen molar-refractivity contribution in [3.8, 4) is 0 Å². The van der Waals surface area contributed by atoms with Gasteiger partial charge >= 0.3 is 0 Å². The number of nitrogens with zero attached hydrogens (tertiary/aromatic N) is 2. The summed E-state index contributed by atoms with van der Waals surface area (Å²) in [5.74, 6) is 1.60. The Bertz CT molecular complexity index is 545. The highest BCUT2D eigenvalue weighted by Gasteiger charge is 2.18. The van der Waals surface area contributed by atoms with Crippen LogP contribution in [0.4, 0.5) is 0 Å². The van der Waals surface area contributed by atoms with Crippen LogP contribution in [0.2, 0.25) is 0 Å². The summed E-state index contributed by atoms with van der Waals surface area (Å²) in [4.78, 5) is 6.82. The van der Waals surface area contributed by atoms with Crippen LogP contribution in [-0.4, -0.2) is 71.0 Å². The van der Waals surface area contributed by atoms with Crippen LogP contribution in [0.3, 0.4) is 0 Å². The zero-order valence-electron chi connectivity index (χ0n) is 17.8. The molecule has 0 amide bonds. The Kier molecular flexibility index (Phi) is 10.9. The zero-order valence-corrected chi connectivity index (χ0v) is 17.8. The van der Waals surface area contributed by atoms with Gasteiger partial charge in [-0.05, 0) is 50.8 Å². The Balaban J connectivity index is 1.53. The van der Waals surface area contributed by atoms with E-state index in [0.717, 1.165) is 45.2 Å². The number of guanidine groups is 1. The number of hydrogen-bond donors (Lipinski definition) is 2. The first kappa shape index (κ1) is 22.7. The van der Waals surface area contributed by atoms with Gasteiger partial charge in [0.05, 0.1) is 12.7 Å². The molecule has 1 saturated heterocycles. The van der Waals surface area contributed by atoms with Crippen LogP contribution >= 0.6 is 0 Å². The highest BCUT2D eigenvalue weighted by molar-refractivity contribution is 5.79. The standard InChI is InChI=1S/C22H38N4O2/c1-19(21-8-5-4-6-9-21)28-16-7-12-24-22(23-2)25-18-20-10-13-26(14-11-20)15-17-27-3/h4-6,8-9,19-20H,7,10-18H2,1-3H3,(H2,23,24,25). The monoisotopic (exact) mass is 390 g/mol. The third kappa shape index (κ3) is 8.59. The smallest absolute Gasteiger partial charge is 0.190 e. The molecule has 0 spiro atoms. The normalized spacial score (nSPS) is 17.5. The third-order valence-corrected chi connectivity index (χ3v) is 5.35. The molecule has 1 aliphatic heterocycles. The molecular formula is C22H38N4O2. The molecule has 28 heavy (non-hydrogen) atoms. The fraction of sp³-hybridized carbons (Fsp3) is 0.682. The average molecular weight is 391 g/mol. The first-order valence-electron chi connectivity index (χ1n) is 10.5. The van der Waals surface area contributed by atoms with Crippen molar-refractivity contribution < 1.29 is 9.47 Å². The molecule has 1 aromatic rings. The van der Waals surface area contributed by atoms with Crippen molar-refractivity contribution in [2.45, 2.75) is 32.3 Å². The van der Waals surface area contributed by atoms with Gasteiger partial charge in [-0.3, -0.25) is 4.99 Å². The zero-order chi connectivity index (χ0) is 20.0. The second-order valence-electron chi connectivity index (χ2n) is 7.43. The van der Waals surface area contributed by atoms with Gasteiger partial charge in [-0.25, -0.2) is 0 Å². The van der Waals surface area contributed by atoms with Crippen LogP contribution in [0.5, 0.6) is 0 Å². The summed E-state index contributed by atoms with van der Waals surface area (Å²) in [6.07, 6.45) is 3.56. The largest absolute Gasteiger partial charge is 0.383 e. The minimum atomic E-state index is 0.133. The Hall–Kier alpha value is -1.63. The van der Waals surface area contributed by atoms with Crippen LogP contribution in [-0.2, 0) is 9.47 Å². The van der Waals surface area contributed by atoms with Gasteiger partial charge in [0.15, 0.2) is 5.96 Å². The van der Waals surface area contributed by atoms with E-state index in [1.807, 2.05) is 13.1 Å². The van der Waals surface area contributed by atoms with E-state index in [0.29, 0.717) is 5.92 Å². The van der Waals surface area contributed by atoms with E-state index in [1.165, 1.54) is 31.5 Å². The number of aliphatic imine (C=N–C) groups is 1. The molecule has 1 heterocycles. The lowest BCUT2D eigenvalue weighted by Gasteiger charge is -2.32. The highest BCUT2D eigenvalue weighted by Crippen LogP contribution is 2.16. The number of benzene rings is 1. The lowest BCUT2D eigenvalue weighted by Crippen LogP contribution is -2.43. The van der Waals surface area contributed by atoms with Crippen LogP contribution in [0, 0.1) is 5.92 Å². The van der Waals surface area contributed by atoms with E-state index >= 15 is 0 Å². The summed E-state index contributed by atoms with van der Waals surface area (Å²) in [7, 11) is 3.60. The van der Waals surface area contributed by atoms with Crippen molar-refractivity contribution in [1.82, 2.24) is 15.5 Å². The SMILES string of the molecule is CN=C(NCCCOC(C)c1ccccc1)NCC1CCN(CCOC)CC1. The summed E-state index contributed by atoms with van der Waals surface area (Å²) in [6, 6.07) is 10.3. The van der Waals surface area contributed by atoms with Crippen LogP contribution < -0.4 is 10.6 Å². The molecule has 2 N–H and O–H groups in total. The van der Waals surface area contributed by atoms with Gasteiger partial charge in [0.25, 0.3) is 0 Å². The molecule has 1 fully saturated rings. The van der Waals surface area contributed by atoms with E-state index in [2.05, 4.69) is 51.7 Å². The Morgan fingerprint density at radius 2 is 1.93 bits per heavy atom. The number of hydrogen-bond acceptors (Lipinski definition) is 4. The quantitative estimate of drug-likeness (QED) is 0.346. The first-order valence-corrected chi connectivity index (χ1v) is 10.5. The first-order chi connectivity index (χ1) is 13.7. The minimum absolute atomic E-state index is 0.133. The van der Waals surface area contributed by atoms with Crippen LogP contribution in [0.15, 0.2) is 35.3 Å². The lowest BCUT2D eigenvalue weighted by atomic mass is 9.97. The summed E-state index contributed by atoms with van der Waals surface area (Å²) >= 11 is 0. The number of rotatable bonds is 11. The maximum Gasteiger partial charge on any atom is 0.190 e. The Morgan fingerprint density at radius 1 is 1.18 bits per heavy atom. The molecule has 6 heteroatoms. The Labute approximate surface area is 170 Å². The molecule has 158 valence electrons. The Morgan fingerprint density at radius 3 is 2.61 bits per heavy atom. The van der Waals surface area contributed by atoms with Gasteiger partial charge in [-0.1, -0.05) is 30.3 Å². The van der Waals surface area contributed by atoms with E-state index in [1.54, 1.807) is 7.11 Å². The van der Waals surface area contributed by atoms with E-state index in [9.17, 15) is 0 Å². The molecule has 6 nitrogen and oxygen atoms in total. The topological polar surface area (TPSA) is 58.1 Å². The molecule has 2 rings (SSSR count). The number of methoxy groups -OCH3 is 1. The van der Waals surface area contributed by atoms with Gasteiger partial charge in [0.1, 0.15) is 0 Å². The van der Waals surface area contributed by atoms with Crippen molar-refractivity contribution in [1.29, 1.82) is 0 Å². The maximum absolute atomic E-state index is 5.92. The predicted octanol–water partition coefficient (Wildman–Crippen LogP) is 2.68. The molecule has 1 aromatic carbocycles. The second kappa shape index (κ2) is 13.5. The number of likely N-dealkylation sites (tertiary alicyclic amines) is 1. The molecule has 1 aliphatic rings. The van der Waals surface area contributed by atoms with Gasteiger partial charge in [-0.2, -0.15) is 0 Å². The molecule has 0 aromatic heterocycles. The fourth-order valence-corrected chi connectivity index (χ4v) is 3.46. The predicted molar refractivity (Wildman–Crippen MR) is 116 cm³/mol. The summed E-state index contributed by atoms with van der Waals surface area (Å²) in [6.45, 7) is 8.88. The van der Waals surface area contributed by atoms with Gasteiger partial charge in [0.2, 0.25) is 0 Å². The van der Waals surface area contributed by atoms with E-state index in [-0.39, 0.29) is 6.10 Å².